The number of rotatable bonds is 15. The number of esters is 1. The van der Waals surface area contributed by atoms with Gasteiger partial charge >= 0.3 is 5.97 Å². The van der Waals surface area contributed by atoms with Gasteiger partial charge in [-0.25, -0.2) is 4.79 Å². The van der Waals surface area contributed by atoms with E-state index in [-0.39, 0.29) is 11.9 Å². The number of hydrogen-bond donors (Lipinski definition) is 4. The van der Waals surface area contributed by atoms with Crippen LogP contribution in [0.5, 0.6) is 0 Å². The Morgan fingerprint density at radius 3 is 2.54 bits per heavy atom. The SMILES string of the molecule is CCCCC[C@H](O)c1ccc(N2C(=O)CC[C@@H]2CCCc2ccc(C(=O)OCC(O)C(O)CO)s2)cc1. The van der Waals surface area contributed by atoms with Gasteiger partial charge in [0.25, 0.3) is 0 Å². The molecule has 1 aliphatic rings. The maximum absolute atomic E-state index is 12.6. The molecule has 3 rings (SSSR count). The van der Waals surface area contributed by atoms with E-state index < -0.39 is 37.5 Å². The topological polar surface area (TPSA) is 128 Å². The number of ether oxygens (including phenoxy) is 1. The van der Waals surface area contributed by atoms with Crippen molar-refractivity contribution in [3.05, 3.63) is 51.7 Å². The highest BCUT2D eigenvalue weighted by Crippen LogP contribution is 2.31. The first-order chi connectivity index (χ1) is 17.8. The Kier molecular flexibility index (Phi) is 11.5. The number of aliphatic hydroxyl groups excluding tert-OH is 4. The minimum Gasteiger partial charge on any atom is -0.459 e. The van der Waals surface area contributed by atoms with E-state index in [1.165, 1.54) is 11.3 Å². The fourth-order valence-corrected chi connectivity index (χ4v) is 5.53. The predicted octanol–water partition coefficient (Wildman–Crippen LogP) is 3.75. The number of aryl methyl sites for hydroxylation is 1. The van der Waals surface area contributed by atoms with Gasteiger partial charge in [0.1, 0.15) is 23.7 Å². The Balaban J connectivity index is 1.49. The van der Waals surface area contributed by atoms with Crippen LogP contribution in [0, 0.1) is 0 Å². The van der Waals surface area contributed by atoms with Gasteiger partial charge in [0.2, 0.25) is 5.91 Å². The molecule has 8 nitrogen and oxygen atoms in total. The molecule has 1 aliphatic heterocycles. The van der Waals surface area contributed by atoms with Gasteiger partial charge < -0.3 is 30.1 Å². The van der Waals surface area contributed by atoms with Crippen LogP contribution in [0.1, 0.15) is 84.5 Å². The van der Waals surface area contributed by atoms with E-state index >= 15 is 0 Å². The van der Waals surface area contributed by atoms with Gasteiger partial charge in [0.05, 0.1) is 12.7 Å². The minimum absolute atomic E-state index is 0.121. The zero-order valence-corrected chi connectivity index (χ0v) is 22.2. The van der Waals surface area contributed by atoms with E-state index in [0.717, 1.165) is 67.5 Å². The zero-order valence-electron chi connectivity index (χ0n) is 21.4. The summed E-state index contributed by atoms with van der Waals surface area (Å²) < 4.78 is 5.02. The summed E-state index contributed by atoms with van der Waals surface area (Å²) in [5, 5.41) is 38.2. The third-order valence-corrected chi connectivity index (χ3v) is 7.93. The van der Waals surface area contributed by atoms with E-state index in [1.54, 1.807) is 6.07 Å². The highest BCUT2D eigenvalue weighted by molar-refractivity contribution is 7.13. The summed E-state index contributed by atoms with van der Waals surface area (Å²) in [6.45, 7) is 1.14. The molecule has 1 amide bonds. The second kappa shape index (κ2) is 14.6. The van der Waals surface area contributed by atoms with Crippen LogP contribution in [0.15, 0.2) is 36.4 Å². The van der Waals surface area contributed by atoms with E-state index in [2.05, 4.69) is 6.92 Å². The zero-order chi connectivity index (χ0) is 26.8. The molecule has 2 heterocycles. The van der Waals surface area contributed by atoms with Gasteiger partial charge in [-0.1, -0.05) is 38.3 Å². The summed E-state index contributed by atoms with van der Waals surface area (Å²) in [7, 11) is 0. The predicted molar refractivity (Wildman–Crippen MR) is 143 cm³/mol. The number of amides is 1. The molecule has 1 fully saturated rings. The molecule has 1 aromatic carbocycles. The number of anilines is 1. The van der Waals surface area contributed by atoms with Crippen molar-refractivity contribution in [2.24, 2.45) is 0 Å². The Morgan fingerprint density at radius 2 is 1.84 bits per heavy atom. The molecule has 0 saturated carbocycles. The lowest BCUT2D eigenvalue weighted by molar-refractivity contribution is -0.117. The molecule has 0 bridgehead atoms. The molecule has 2 unspecified atom stereocenters. The number of thiophene rings is 1. The molecule has 0 radical (unpaired) electrons. The van der Waals surface area contributed by atoms with Crippen LogP contribution in [0.3, 0.4) is 0 Å². The van der Waals surface area contributed by atoms with Gasteiger partial charge in [-0.3, -0.25) is 4.79 Å². The lowest BCUT2D eigenvalue weighted by Gasteiger charge is -2.25. The number of aliphatic hydroxyl groups is 4. The maximum atomic E-state index is 12.6. The van der Waals surface area contributed by atoms with Crippen LogP contribution in [0.4, 0.5) is 5.69 Å². The highest BCUT2D eigenvalue weighted by atomic mass is 32.1. The van der Waals surface area contributed by atoms with E-state index in [1.807, 2.05) is 35.2 Å². The molecule has 9 heteroatoms. The van der Waals surface area contributed by atoms with Crippen molar-refractivity contribution < 1.29 is 34.8 Å². The van der Waals surface area contributed by atoms with E-state index in [9.17, 15) is 24.9 Å². The molecule has 0 spiro atoms. The third-order valence-electron chi connectivity index (χ3n) is 6.80. The molecule has 37 heavy (non-hydrogen) atoms. The van der Waals surface area contributed by atoms with Crippen molar-refractivity contribution in [3.63, 3.8) is 0 Å². The third kappa shape index (κ3) is 8.35. The van der Waals surface area contributed by atoms with Crippen LogP contribution in [0.25, 0.3) is 0 Å². The Hall–Kier alpha value is -2.30. The summed E-state index contributed by atoms with van der Waals surface area (Å²) in [6.07, 6.45) is 4.61. The second-order valence-electron chi connectivity index (χ2n) is 9.63. The monoisotopic (exact) mass is 533 g/mol. The number of nitrogens with zero attached hydrogens (tertiary/aromatic N) is 1. The van der Waals surface area contributed by atoms with Crippen molar-refractivity contribution in [3.8, 4) is 0 Å². The summed E-state index contributed by atoms with van der Waals surface area (Å²) >= 11 is 1.33. The lowest BCUT2D eigenvalue weighted by atomic mass is 10.0. The van der Waals surface area contributed by atoms with Gasteiger partial charge in [0.15, 0.2) is 0 Å². The van der Waals surface area contributed by atoms with Crippen LogP contribution < -0.4 is 4.90 Å². The smallest absolute Gasteiger partial charge is 0.348 e. The molecule has 0 aliphatic carbocycles. The highest BCUT2D eigenvalue weighted by Gasteiger charge is 2.31. The van der Waals surface area contributed by atoms with Crippen LogP contribution >= 0.6 is 11.3 Å². The van der Waals surface area contributed by atoms with Gasteiger partial charge in [-0.2, -0.15) is 0 Å². The average molecular weight is 534 g/mol. The van der Waals surface area contributed by atoms with Crippen LogP contribution in [0.2, 0.25) is 0 Å². The van der Waals surface area contributed by atoms with Crippen molar-refractivity contribution in [2.45, 2.75) is 89.1 Å². The molecule has 1 aromatic heterocycles. The van der Waals surface area contributed by atoms with Gasteiger partial charge in [-0.15, -0.1) is 11.3 Å². The molecule has 204 valence electrons. The van der Waals surface area contributed by atoms with Crippen molar-refractivity contribution in [2.75, 3.05) is 18.1 Å². The van der Waals surface area contributed by atoms with Crippen molar-refractivity contribution in [1.82, 2.24) is 0 Å². The van der Waals surface area contributed by atoms with Crippen LogP contribution in [-0.2, 0) is 16.0 Å². The molecule has 1 saturated heterocycles. The number of carbonyl (C=O) groups excluding carboxylic acids is 2. The fourth-order valence-electron chi connectivity index (χ4n) is 4.58. The number of unbranched alkanes of at least 4 members (excludes halogenated alkanes) is 2. The number of carbonyl (C=O) groups is 2. The molecule has 4 atom stereocenters. The first-order valence-electron chi connectivity index (χ1n) is 13.2. The molecular weight excluding hydrogens is 494 g/mol. The van der Waals surface area contributed by atoms with Gasteiger partial charge in [-0.05, 0) is 61.9 Å². The largest absolute Gasteiger partial charge is 0.459 e. The fraction of sp³-hybridized carbons (Fsp3) is 0.571. The van der Waals surface area contributed by atoms with Crippen LogP contribution in [-0.4, -0.2) is 63.8 Å². The quantitative estimate of drug-likeness (QED) is 0.203. The normalized spacial score (nSPS) is 18.1. The second-order valence-corrected chi connectivity index (χ2v) is 10.8. The first kappa shape index (κ1) is 29.3. The molecule has 4 N–H and O–H groups in total. The summed E-state index contributed by atoms with van der Waals surface area (Å²) in [6, 6.07) is 11.4. The van der Waals surface area contributed by atoms with E-state index in [4.69, 9.17) is 9.84 Å². The Labute approximate surface area is 222 Å². The lowest BCUT2D eigenvalue weighted by Crippen LogP contribution is -2.34. The minimum atomic E-state index is -1.35. The summed E-state index contributed by atoms with van der Waals surface area (Å²) in [5.74, 6) is -0.456. The Bertz CT molecular complexity index is 993. The maximum Gasteiger partial charge on any atom is 0.348 e. The molecular formula is C28H39NO7S. The number of benzene rings is 1. The van der Waals surface area contributed by atoms with Crippen molar-refractivity contribution in [1.29, 1.82) is 0 Å². The summed E-state index contributed by atoms with van der Waals surface area (Å²) in [5.41, 5.74) is 1.75. The number of hydrogen-bond acceptors (Lipinski definition) is 8. The van der Waals surface area contributed by atoms with Gasteiger partial charge in [0, 0.05) is 23.0 Å². The summed E-state index contributed by atoms with van der Waals surface area (Å²) in [4.78, 5) is 28.2. The van der Waals surface area contributed by atoms with Crippen molar-refractivity contribution >= 4 is 28.9 Å². The average Bonchev–Trinajstić information content (AvgIpc) is 3.53. The Morgan fingerprint density at radius 1 is 1.08 bits per heavy atom. The molecule has 2 aromatic rings. The van der Waals surface area contributed by atoms with E-state index in [0.29, 0.717) is 11.3 Å². The first-order valence-corrected chi connectivity index (χ1v) is 14.0. The standard InChI is InChI=1S/C28H39NO7S/c1-2-3-4-8-23(31)19-9-11-21(12-10-19)29-20(13-16-27(29)34)6-5-7-22-14-15-26(37-22)28(35)36-18-25(33)24(32)17-30/h9-12,14-15,20,23-25,30-33H,2-8,13,16-18H2,1H3/t20-,23-,24?,25?/m0/s1.